The summed E-state index contributed by atoms with van der Waals surface area (Å²) in [4.78, 5) is 4.82. The molecule has 1 aliphatic rings. The fraction of sp³-hybridized carbons (Fsp3) is 1.00. The molecule has 2 N–H and O–H groups in total. The van der Waals surface area contributed by atoms with E-state index in [9.17, 15) is 0 Å². The van der Waals surface area contributed by atoms with Crippen LogP contribution < -0.4 is 5.73 Å². The zero-order valence-corrected chi connectivity index (χ0v) is 6.71. The van der Waals surface area contributed by atoms with Crippen LogP contribution in [0, 0.1) is 0 Å². The molecule has 1 heterocycles. The van der Waals surface area contributed by atoms with Gasteiger partial charge < -0.3 is 5.73 Å². The molecule has 0 aliphatic carbocycles. The van der Waals surface area contributed by atoms with E-state index in [2.05, 4.69) is 16.7 Å². The van der Waals surface area contributed by atoms with Crippen LogP contribution in [0.2, 0.25) is 0 Å². The van der Waals surface area contributed by atoms with Gasteiger partial charge in [0, 0.05) is 26.2 Å². The summed E-state index contributed by atoms with van der Waals surface area (Å²) >= 11 is 0. The van der Waals surface area contributed by atoms with Crippen LogP contribution in [-0.4, -0.2) is 49.2 Å². The highest BCUT2D eigenvalue weighted by molar-refractivity contribution is 4.69. The van der Waals surface area contributed by atoms with Crippen LogP contribution >= 0.6 is 0 Å². The van der Waals surface area contributed by atoms with E-state index in [1.165, 1.54) is 19.6 Å². The average molecular weight is 143 g/mol. The fourth-order valence-corrected chi connectivity index (χ4v) is 1.33. The summed E-state index contributed by atoms with van der Waals surface area (Å²) in [5.74, 6) is 0. The molecule has 1 fully saturated rings. The maximum Gasteiger partial charge on any atom is 0.0507 e. The van der Waals surface area contributed by atoms with E-state index in [0.29, 0.717) is 0 Å². The van der Waals surface area contributed by atoms with Crippen LogP contribution in [0.5, 0.6) is 0 Å². The fourth-order valence-electron chi connectivity index (χ4n) is 1.33. The van der Waals surface area contributed by atoms with Gasteiger partial charge in [-0.1, -0.05) is 6.92 Å². The van der Waals surface area contributed by atoms with Crippen molar-refractivity contribution in [2.45, 2.75) is 6.92 Å². The molecule has 0 amide bonds. The standard InChI is InChI=1S/C7H17N3/c1-2-9-5-6-10(7-9)4-3-8/h2-8H2,1H3. The number of nitrogens with two attached hydrogens (primary N) is 1. The number of hydrogen-bond acceptors (Lipinski definition) is 3. The van der Waals surface area contributed by atoms with Crippen LogP contribution in [0.15, 0.2) is 0 Å². The molecule has 0 unspecified atom stereocenters. The van der Waals surface area contributed by atoms with Crippen molar-refractivity contribution in [1.29, 1.82) is 0 Å². The maximum atomic E-state index is 5.44. The van der Waals surface area contributed by atoms with Crippen molar-refractivity contribution in [2.24, 2.45) is 5.73 Å². The summed E-state index contributed by atoms with van der Waals surface area (Å²) in [7, 11) is 0. The Labute approximate surface area is 62.8 Å². The molecule has 0 radical (unpaired) electrons. The van der Waals surface area contributed by atoms with Gasteiger partial charge >= 0.3 is 0 Å². The molecule has 1 rings (SSSR count). The third kappa shape index (κ3) is 1.94. The van der Waals surface area contributed by atoms with Gasteiger partial charge in [-0.2, -0.15) is 0 Å². The smallest absolute Gasteiger partial charge is 0.0507 e. The van der Waals surface area contributed by atoms with Crippen molar-refractivity contribution in [3.63, 3.8) is 0 Å². The Balaban J connectivity index is 2.15. The highest BCUT2D eigenvalue weighted by atomic mass is 15.4. The first-order valence-corrected chi connectivity index (χ1v) is 4.01. The normalized spacial score (nSPS) is 22.2. The predicted molar refractivity (Wildman–Crippen MR) is 42.7 cm³/mol. The molecular formula is C7H17N3. The summed E-state index contributed by atoms with van der Waals surface area (Å²) < 4.78 is 0. The van der Waals surface area contributed by atoms with E-state index in [-0.39, 0.29) is 0 Å². The molecule has 0 aromatic rings. The van der Waals surface area contributed by atoms with Crippen LogP contribution in [0.4, 0.5) is 0 Å². The zero-order valence-electron chi connectivity index (χ0n) is 6.71. The third-order valence-corrected chi connectivity index (χ3v) is 2.02. The molecule has 0 aromatic carbocycles. The molecule has 3 nitrogen and oxygen atoms in total. The lowest BCUT2D eigenvalue weighted by molar-refractivity contribution is 0.258. The van der Waals surface area contributed by atoms with Gasteiger partial charge in [-0.3, -0.25) is 9.80 Å². The Morgan fingerprint density at radius 2 is 2.00 bits per heavy atom. The summed E-state index contributed by atoms with van der Waals surface area (Å²) in [6.07, 6.45) is 0. The SMILES string of the molecule is CCN1CCN(CCN)C1. The van der Waals surface area contributed by atoms with Crippen molar-refractivity contribution in [2.75, 3.05) is 39.4 Å². The monoisotopic (exact) mass is 143 g/mol. The quantitative estimate of drug-likeness (QED) is 0.580. The van der Waals surface area contributed by atoms with Gasteiger partial charge in [-0.05, 0) is 6.54 Å². The average Bonchev–Trinajstić information content (AvgIpc) is 2.37. The van der Waals surface area contributed by atoms with E-state index in [1.54, 1.807) is 0 Å². The van der Waals surface area contributed by atoms with Gasteiger partial charge in [0.05, 0.1) is 6.67 Å². The minimum absolute atomic E-state index is 0.789. The highest BCUT2D eigenvalue weighted by Gasteiger charge is 2.16. The zero-order chi connectivity index (χ0) is 7.40. The minimum atomic E-state index is 0.789. The highest BCUT2D eigenvalue weighted by Crippen LogP contribution is 2.01. The van der Waals surface area contributed by atoms with Gasteiger partial charge in [-0.15, -0.1) is 0 Å². The van der Waals surface area contributed by atoms with Crippen molar-refractivity contribution in [1.82, 2.24) is 9.80 Å². The molecule has 0 atom stereocenters. The van der Waals surface area contributed by atoms with Gasteiger partial charge in [-0.25, -0.2) is 0 Å². The second-order valence-corrected chi connectivity index (χ2v) is 2.76. The number of likely N-dealkylation sites (N-methyl/N-ethyl adjacent to an activating group) is 1. The summed E-state index contributed by atoms with van der Waals surface area (Å²) in [6.45, 7) is 8.75. The van der Waals surface area contributed by atoms with E-state index in [4.69, 9.17) is 5.73 Å². The van der Waals surface area contributed by atoms with Crippen molar-refractivity contribution in [3.8, 4) is 0 Å². The van der Waals surface area contributed by atoms with E-state index >= 15 is 0 Å². The summed E-state index contributed by atoms with van der Waals surface area (Å²) in [5.41, 5.74) is 5.44. The van der Waals surface area contributed by atoms with E-state index < -0.39 is 0 Å². The third-order valence-electron chi connectivity index (χ3n) is 2.02. The maximum absolute atomic E-state index is 5.44. The molecule has 0 spiro atoms. The van der Waals surface area contributed by atoms with Crippen LogP contribution in [0.3, 0.4) is 0 Å². The molecule has 3 heteroatoms. The first-order chi connectivity index (χ1) is 4.86. The summed E-state index contributed by atoms with van der Waals surface area (Å²) in [6, 6.07) is 0. The molecule has 0 bridgehead atoms. The molecule has 10 heavy (non-hydrogen) atoms. The Hall–Kier alpha value is -0.120. The molecule has 1 saturated heterocycles. The second kappa shape index (κ2) is 3.91. The first-order valence-electron chi connectivity index (χ1n) is 4.01. The number of nitrogens with zero attached hydrogens (tertiary/aromatic N) is 2. The molecular weight excluding hydrogens is 126 g/mol. The van der Waals surface area contributed by atoms with Gasteiger partial charge in [0.25, 0.3) is 0 Å². The van der Waals surface area contributed by atoms with Crippen molar-refractivity contribution in [3.05, 3.63) is 0 Å². The molecule has 0 saturated carbocycles. The minimum Gasteiger partial charge on any atom is -0.329 e. The first kappa shape index (κ1) is 7.98. The van der Waals surface area contributed by atoms with E-state index in [0.717, 1.165) is 19.8 Å². The summed E-state index contributed by atoms with van der Waals surface area (Å²) in [5, 5.41) is 0. The lowest BCUT2D eigenvalue weighted by Crippen LogP contribution is -2.29. The number of rotatable bonds is 3. The Bertz CT molecular complexity index is 94.9. The molecule has 0 aromatic heterocycles. The lowest BCUT2D eigenvalue weighted by atomic mass is 10.5. The lowest BCUT2D eigenvalue weighted by Gasteiger charge is -2.14. The topological polar surface area (TPSA) is 32.5 Å². The Kier molecular flexibility index (Phi) is 3.12. The van der Waals surface area contributed by atoms with Crippen LogP contribution in [-0.2, 0) is 0 Å². The second-order valence-electron chi connectivity index (χ2n) is 2.76. The van der Waals surface area contributed by atoms with Gasteiger partial charge in [0.15, 0.2) is 0 Å². The van der Waals surface area contributed by atoms with Gasteiger partial charge in [0.1, 0.15) is 0 Å². The number of hydrogen-bond donors (Lipinski definition) is 1. The van der Waals surface area contributed by atoms with E-state index in [1.807, 2.05) is 0 Å². The molecule has 60 valence electrons. The Morgan fingerprint density at radius 3 is 2.50 bits per heavy atom. The Morgan fingerprint density at radius 1 is 1.30 bits per heavy atom. The van der Waals surface area contributed by atoms with Gasteiger partial charge in [0.2, 0.25) is 0 Å². The van der Waals surface area contributed by atoms with Crippen LogP contribution in [0.1, 0.15) is 6.92 Å². The largest absolute Gasteiger partial charge is 0.329 e. The predicted octanol–water partition coefficient (Wildman–Crippen LogP) is -0.460. The van der Waals surface area contributed by atoms with Crippen molar-refractivity contribution < 1.29 is 0 Å². The van der Waals surface area contributed by atoms with Crippen molar-refractivity contribution >= 4 is 0 Å². The van der Waals surface area contributed by atoms with Crippen LogP contribution in [0.25, 0.3) is 0 Å². The molecule has 1 aliphatic heterocycles.